The number of carbonyl (C=O) groups excluding carboxylic acids is 1. The van der Waals surface area contributed by atoms with Gasteiger partial charge >= 0.3 is 5.97 Å². The van der Waals surface area contributed by atoms with Crippen molar-refractivity contribution in [3.63, 3.8) is 0 Å². The van der Waals surface area contributed by atoms with Crippen LogP contribution in [0.15, 0.2) is 12.3 Å². The van der Waals surface area contributed by atoms with Crippen molar-refractivity contribution in [2.75, 3.05) is 13.1 Å². The van der Waals surface area contributed by atoms with Crippen LogP contribution in [0.3, 0.4) is 0 Å². The van der Waals surface area contributed by atoms with Gasteiger partial charge in [0.25, 0.3) is 5.91 Å². The molecule has 19 heavy (non-hydrogen) atoms. The summed E-state index contributed by atoms with van der Waals surface area (Å²) < 4.78 is 1.66. The Labute approximate surface area is 116 Å². The molecule has 1 aliphatic heterocycles. The van der Waals surface area contributed by atoms with Crippen LogP contribution in [0, 0.1) is 5.41 Å². The van der Waals surface area contributed by atoms with Crippen molar-refractivity contribution in [1.29, 1.82) is 0 Å². The van der Waals surface area contributed by atoms with Crippen LogP contribution >= 0.6 is 11.6 Å². The van der Waals surface area contributed by atoms with Crippen molar-refractivity contribution in [2.24, 2.45) is 12.5 Å². The number of carboxylic acid groups (broad SMARTS) is 1. The fourth-order valence-corrected chi connectivity index (χ4v) is 2.81. The Bertz CT molecular complexity index is 526. The molecule has 0 saturated carbocycles. The summed E-state index contributed by atoms with van der Waals surface area (Å²) >= 11 is 5.86. The van der Waals surface area contributed by atoms with Gasteiger partial charge in [0.15, 0.2) is 0 Å². The Kier molecular flexibility index (Phi) is 3.58. The van der Waals surface area contributed by atoms with Gasteiger partial charge < -0.3 is 14.6 Å². The van der Waals surface area contributed by atoms with Gasteiger partial charge in [0.2, 0.25) is 0 Å². The lowest BCUT2D eigenvalue weighted by Gasteiger charge is -2.23. The number of hydrogen-bond donors (Lipinski definition) is 1. The summed E-state index contributed by atoms with van der Waals surface area (Å²) in [7, 11) is 1.75. The Balaban J connectivity index is 2.19. The Morgan fingerprint density at radius 2 is 2.21 bits per heavy atom. The fourth-order valence-electron chi connectivity index (χ4n) is 2.56. The van der Waals surface area contributed by atoms with Crippen LogP contribution in [0.2, 0.25) is 5.02 Å². The number of amides is 1. The van der Waals surface area contributed by atoms with E-state index >= 15 is 0 Å². The highest BCUT2D eigenvalue weighted by Crippen LogP contribution is 2.35. The topological polar surface area (TPSA) is 62.5 Å². The lowest BCUT2D eigenvalue weighted by atomic mass is 9.84. The number of rotatable bonds is 3. The molecule has 1 N–H and O–H groups in total. The number of aryl methyl sites for hydroxylation is 1. The molecule has 0 aromatic carbocycles. The Morgan fingerprint density at radius 3 is 2.63 bits per heavy atom. The summed E-state index contributed by atoms with van der Waals surface area (Å²) in [6.45, 7) is 2.59. The quantitative estimate of drug-likeness (QED) is 0.923. The van der Waals surface area contributed by atoms with E-state index in [1.165, 1.54) is 0 Å². The second-order valence-electron chi connectivity index (χ2n) is 5.07. The van der Waals surface area contributed by atoms with Crippen molar-refractivity contribution in [3.05, 3.63) is 23.0 Å². The van der Waals surface area contributed by atoms with Gasteiger partial charge in [-0.15, -0.1) is 0 Å². The van der Waals surface area contributed by atoms with Gasteiger partial charge in [-0.25, -0.2) is 0 Å². The van der Waals surface area contributed by atoms with Gasteiger partial charge in [-0.05, 0) is 18.9 Å². The van der Waals surface area contributed by atoms with Crippen molar-refractivity contribution >= 4 is 23.5 Å². The fraction of sp³-hybridized carbons (Fsp3) is 0.538. The van der Waals surface area contributed by atoms with E-state index in [-0.39, 0.29) is 12.5 Å². The van der Waals surface area contributed by atoms with Gasteiger partial charge in [-0.2, -0.15) is 0 Å². The van der Waals surface area contributed by atoms with Crippen LogP contribution < -0.4 is 0 Å². The van der Waals surface area contributed by atoms with E-state index < -0.39 is 11.4 Å². The number of halogens is 1. The van der Waals surface area contributed by atoms with Crippen LogP contribution in [-0.4, -0.2) is 39.5 Å². The SMILES string of the molecule is CCC1(C(=O)O)CCN(C(=O)c2cc(Cl)cn2C)C1. The van der Waals surface area contributed by atoms with Crippen LogP contribution in [0.1, 0.15) is 30.3 Å². The van der Waals surface area contributed by atoms with Gasteiger partial charge in [0.1, 0.15) is 5.69 Å². The predicted molar refractivity (Wildman–Crippen MR) is 71.3 cm³/mol. The molecule has 2 rings (SSSR count). The highest BCUT2D eigenvalue weighted by atomic mass is 35.5. The van der Waals surface area contributed by atoms with E-state index in [0.29, 0.717) is 30.1 Å². The molecule has 6 heteroatoms. The zero-order valence-corrected chi connectivity index (χ0v) is 11.8. The molecular formula is C13H17ClN2O3. The highest BCUT2D eigenvalue weighted by Gasteiger charge is 2.45. The van der Waals surface area contributed by atoms with Crippen molar-refractivity contribution in [3.8, 4) is 0 Å². The molecule has 1 aliphatic rings. The monoisotopic (exact) mass is 284 g/mol. The summed E-state index contributed by atoms with van der Waals surface area (Å²) in [5.74, 6) is -0.985. The minimum Gasteiger partial charge on any atom is -0.481 e. The molecule has 5 nitrogen and oxygen atoms in total. The van der Waals surface area contributed by atoms with Gasteiger partial charge in [0.05, 0.1) is 10.4 Å². The van der Waals surface area contributed by atoms with Crippen LogP contribution in [0.25, 0.3) is 0 Å². The molecule has 0 aliphatic carbocycles. The van der Waals surface area contributed by atoms with E-state index in [2.05, 4.69) is 0 Å². The van der Waals surface area contributed by atoms with Gasteiger partial charge in [-0.1, -0.05) is 18.5 Å². The number of likely N-dealkylation sites (tertiary alicyclic amines) is 1. The molecule has 2 heterocycles. The second kappa shape index (κ2) is 4.89. The number of carboxylic acids is 1. The van der Waals surface area contributed by atoms with E-state index in [1.807, 2.05) is 6.92 Å². The van der Waals surface area contributed by atoms with Crippen LogP contribution in [0.5, 0.6) is 0 Å². The summed E-state index contributed by atoms with van der Waals surface area (Å²) in [5, 5.41) is 9.83. The number of hydrogen-bond acceptors (Lipinski definition) is 2. The maximum absolute atomic E-state index is 12.4. The average molecular weight is 285 g/mol. The largest absolute Gasteiger partial charge is 0.481 e. The molecule has 1 aromatic rings. The highest BCUT2D eigenvalue weighted by molar-refractivity contribution is 6.31. The molecule has 0 spiro atoms. The number of carbonyl (C=O) groups is 2. The summed E-state index contributed by atoms with van der Waals surface area (Å²) in [5.41, 5.74) is -0.313. The Hall–Kier alpha value is -1.49. The predicted octanol–water partition coefficient (Wildman–Crippen LogP) is 2.01. The summed E-state index contributed by atoms with van der Waals surface area (Å²) in [4.78, 5) is 25.3. The number of nitrogens with zero attached hydrogens (tertiary/aromatic N) is 2. The van der Waals surface area contributed by atoms with E-state index in [4.69, 9.17) is 11.6 Å². The molecular weight excluding hydrogens is 268 g/mol. The molecule has 1 atom stereocenters. The van der Waals surface area contributed by atoms with Crippen molar-refractivity contribution in [2.45, 2.75) is 19.8 Å². The van der Waals surface area contributed by atoms with Gasteiger partial charge in [-0.3, -0.25) is 9.59 Å². The summed E-state index contributed by atoms with van der Waals surface area (Å²) in [6, 6.07) is 1.61. The molecule has 104 valence electrons. The third-order valence-electron chi connectivity index (χ3n) is 3.96. The van der Waals surface area contributed by atoms with Crippen LogP contribution in [0.4, 0.5) is 0 Å². The maximum Gasteiger partial charge on any atom is 0.311 e. The van der Waals surface area contributed by atoms with Crippen molar-refractivity contribution < 1.29 is 14.7 Å². The number of aliphatic carboxylic acids is 1. The first-order valence-corrected chi connectivity index (χ1v) is 6.62. The minimum absolute atomic E-state index is 0.161. The van der Waals surface area contributed by atoms with Crippen LogP contribution in [-0.2, 0) is 11.8 Å². The first kappa shape index (κ1) is 13.9. The lowest BCUT2D eigenvalue weighted by Crippen LogP contribution is -2.37. The molecule has 0 radical (unpaired) electrons. The smallest absolute Gasteiger partial charge is 0.311 e. The molecule has 1 amide bonds. The molecule has 0 bridgehead atoms. The van der Waals surface area contributed by atoms with E-state index in [1.54, 1.807) is 28.8 Å². The molecule has 1 saturated heterocycles. The van der Waals surface area contributed by atoms with E-state index in [0.717, 1.165) is 0 Å². The van der Waals surface area contributed by atoms with Gasteiger partial charge in [0, 0.05) is 26.3 Å². The lowest BCUT2D eigenvalue weighted by molar-refractivity contribution is -0.148. The maximum atomic E-state index is 12.4. The standard InChI is InChI=1S/C13H17ClN2O3/c1-3-13(12(18)19)4-5-16(8-13)11(17)10-6-9(14)7-15(10)2/h6-7H,3-5,8H2,1-2H3,(H,18,19). The zero-order valence-electron chi connectivity index (χ0n) is 11.0. The van der Waals surface area contributed by atoms with E-state index in [9.17, 15) is 14.7 Å². The third-order valence-corrected chi connectivity index (χ3v) is 4.17. The number of aromatic nitrogens is 1. The molecule has 1 aromatic heterocycles. The second-order valence-corrected chi connectivity index (χ2v) is 5.51. The summed E-state index contributed by atoms with van der Waals surface area (Å²) in [6.07, 6.45) is 2.69. The first-order chi connectivity index (χ1) is 8.89. The average Bonchev–Trinajstić information content (AvgIpc) is 2.93. The Morgan fingerprint density at radius 1 is 1.53 bits per heavy atom. The normalized spacial score (nSPS) is 22.8. The molecule has 1 unspecified atom stereocenters. The van der Waals surface area contributed by atoms with Crippen molar-refractivity contribution in [1.82, 2.24) is 9.47 Å². The zero-order chi connectivity index (χ0) is 14.2. The molecule has 1 fully saturated rings. The minimum atomic E-state index is -0.824. The first-order valence-electron chi connectivity index (χ1n) is 6.24. The third kappa shape index (κ3) is 2.34.